The number of imidazole rings is 2. The summed E-state index contributed by atoms with van der Waals surface area (Å²) in [7, 11) is 0. The third-order valence-corrected chi connectivity index (χ3v) is 5.19. The van der Waals surface area contributed by atoms with Gasteiger partial charge < -0.3 is 4.57 Å². The maximum absolute atomic E-state index is 12.7. The molecule has 0 aliphatic carbocycles. The molecular weight excluding hydrogens is 436 g/mol. The molecule has 0 saturated heterocycles. The monoisotopic (exact) mass is 450 g/mol. The van der Waals surface area contributed by atoms with Crippen LogP contribution in [0.3, 0.4) is 0 Å². The maximum atomic E-state index is 12.7. The molecule has 0 spiro atoms. The number of hydrogen-bond acceptors (Lipinski definition) is 7. The van der Waals surface area contributed by atoms with Gasteiger partial charge in [0, 0.05) is 21.2 Å². The van der Waals surface area contributed by atoms with Crippen molar-refractivity contribution in [1.29, 1.82) is 0 Å². The first kappa shape index (κ1) is 20.6. The highest BCUT2D eigenvalue weighted by Crippen LogP contribution is 2.24. The van der Waals surface area contributed by atoms with E-state index in [4.69, 9.17) is 11.1 Å². The second-order valence-corrected chi connectivity index (χ2v) is 7.28. The Balaban J connectivity index is 1.49. The number of nitrogens with zero attached hydrogens (tertiary/aromatic N) is 12. The van der Waals surface area contributed by atoms with Gasteiger partial charge in [-0.3, -0.25) is 4.57 Å². The van der Waals surface area contributed by atoms with Crippen LogP contribution < -0.4 is 5.69 Å². The Kier molecular flexibility index (Phi) is 5.29. The average Bonchev–Trinajstić information content (AvgIpc) is 3.31. The van der Waals surface area contributed by atoms with Crippen LogP contribution in [0.5, 0.6) is 0 Å². The van der Waals surface area contributed by atoms with Crippen molar-refractivity contribution in [3.05, 3.63) is 104 Å². The van der Waals surface area contributed by atoms with E-state index in [9.17, 15) is 4.79 Å². The van der Waals surface area contributed by atoms with Crippen LogP contribution >= 0.6 is 0 Å². The van der Waals surface area contributed by atoms with E-state index in [0.717, 1.165) is 11.1 Å². The van der Waals surface area contributed by atoms with E-state index < -0.39 is 5.69 Å². The van der Waals surface area contributed by atoms with Crippen LogP contribution in [0.4, 0.5) is 11.4 Å². The van der Waals surface area contributed by atoms with Gasteiger partial charge in [-0.1, -0.05) is 58.8 Å². The van der Waals surface area contributed by atoms with Crippen LogP contribution in [0.2, 0.25) is 0 Å². The van der Waals surface area contributed by atoms with Gasteiger partial charge in [0.25, 0.3) is 0 Å². The molecule has 2 aliphatic rings. The lowest BCUT2D eigenvalue weighted by atomic mass is 10.2. The fraction of sp³-hybridized carbons (Fsp3) is 0.0952. The van der Waals surface area contributed by atoms with Crippen LogP contribution in [-0.4, -0.2) is 29.1 Å². The van der Waals surface area contributed by atoms with Gasteiger partial charge in [0.2, 0.25) is 0 Å². The Labute approximate surface area is 190 Å². The van der Waals surface area contributed by atoms with Gasteiger partial charge in [-0.05, 0) is 22.2 Å². The number of hydrogen-bond donors (Lipinski definition) is 0. The SMILES string of the molecule is [N-]=[N+]=Nc1ccc(Cn2c3ncnc4c(ncn4Cc4ccc(N=[N+]=[N-])cc4)c-3nc2=O)cc1. The summed E-state index contributed by atoms with van der Waals surface area (Å²) in [5.74, 6) is 0.371. The third-order valence-electron chi connectivity index (χ3n) is 5.19. The largest absolute Gasteiger partial charge is 0.350 e. The van der Waals surface area contributed by atoms with Crippen LogP contribution in [0.15, 0.2) is 76.2 Å². The molecule has 0 radical (unpaired) electrons. The summed E-state index contributed by atoms with van der Waals surface area (Å²) in [4.78, 5) is 35.7. The van der Waals surface area contributed by atoms with Crippen molar-refractivity contribution in [2.45, 2.75) is 13.1 Å². The van der Waals surface area contributed by atoms with Gasteiger partial charge >= 0.3 is 5.69 Å². The molecule has 0 fully saturated rings. The predicted octanol–water partition coefficient (Wildman–Crippen LogP) is 4.47. The summed E-state index contributed by atoms with van der Waals surface area (Å²) in [5.41, 5.74) is 20.8. The van der Waals surface area contributed by atoms with Gasteiger partial charge in [0.05, 0.1) is 19.4 Å². The molecular formula is C21H14N12O. The van der Waals surface area contributed by atoms with Crippen LogP contribution in [-0.2, 0) is 13.1 Å². The van der Waals surface area contributed by atoms with Crippen LogP contribution in [0.1, 0.15) is 11.1 Å². The highest BCUT2D eigenvalue weighted by Gasteiger charge is 2.21. The molecule has 0 saturated carbocycles. The summed E-state index contributed by atoms with van der Waals surface area (Å²) in [6.07, 6.45) is 3.02. The first-order valence-electron chi connectivity index (χ1n) is 10.0. The van der Waals surface area contributed by atoms with Gasteiger partial charge in [-0.25, -0.2) is 19.7 Å². The summed E-state index contributed by atoms with van der Waals surface area (Å²) in [6, 6.07) is 14.0. The van der Waals surface area contributed by atoms with Gasteiger partial charge in [-0.15, -0.1) is 0 Å². The maximum Gasteiger partial charge on any atom is 0.350 e. The summed E-state index contributed by atoms with van der Waals surface area (Å²) >= 11 is 0. The molecule has 13 heteroatoms. The molecule has 2 aromatic carbocycles. The van der Waals surface area contributed by atoms with E-state index in [-0.39, 0.29) is 6.54 Å². The van der Waals surface area contributed by atoms with E-state index in [0.29, 0.717) is 40.6 Å². The second-order valence-electron chi connectivity index (χ2n) is 7.28. The Hall–Kier alpha value is -5.25. The zero-order chi connectivity index (χ0) is 23.5. The summed E-state index contributed by atoms with van der Waals surface area (Å²) in [6.45, 7) is 0.705. The third kappa shape index (κ3) is 3.86. The molecule has 0 unspecified atom stereocenters. The first-order valence-corrected chi connectivity index (χ1v) is 10.0. The summed E-state index contributed by atoms with van der Waals surface area (Å²) < 4.78 is 3.28. The van der Waals surface area contributed by atoms with E-state index in [2.05, 4.69) is 40.0 Å². The molecule has 0 bridgehead atoms. The standard InChI is InChI=1S/C21H14N12O/c22-30-28-15-5-1-13(2-6-15)9-32-12-26-17-18-20(25-11-24-19(17)32)33(21(34)27-18)10-14-3-7-16(8-4-14)29-31-23/h1-8,11-12H,9-10H2. The molecule has 3 aromatic rings. The Morgan fingerprint density at radius 2 is 1.44 bits per heavy atom. The van der Waals surface area contributed by atoms with E-state index in [1.165, 1.54) is 10.9 Å². The lowest BCUT2D eigenvalue weighted by Crippen LogP contribution is -2.17. The molecule has 5 rings (SSSR count). The number of benzene rings is 2. The molecule has 0 atom stereocenters. The zero-order valence-electron chi connectivity index (χ0n) is 17.5. The van der Waals surface area contributed by atoms with E-state index in [1.807, 2.05) is 16.7 Å². The lowest BCUT2D eigenvalue weighted by molar-refractivity contribution is 0.758. The summed E-state index contributed by atoms with van der Waals surface area (Å²) in [5, 5.41) is 7.12. The molecule has 3 heterocycles. The van der Waals surface area contributed by atoms with E-state index >= 15 is 0 Å². The fourth-order valence-corrected chi connectivity index (χ4v) is 3.61. The topological polar surface area (TPSA) is 176 Å². The molecule has 13 nitrogen and oxygen atoms in total. The minimum Gasteiger partial charge on any atom is -0.311 e. The lowest BCUT2D eigenvalue weighted by Gasteiger charge is -2.04. The van der Waals surface area contributed by atoms with Crippen LogP contribution in [0.25, 0.3) is 43.6 Å². The minimum absolute atomic E-state index is 0.239. The number of aromatic nitrogens is 6. The molecule has 34 heavy (non-hydrogen) atoms. The number of rotatable bonds is 6. The van der Waals surface area contributed by atoms with Crippen molar-refractivity contribution in [2.75, 3.05) is 0 Å². The van der Waals surface area contributed by atoms with Crippen LogP contribution in [0, 0.1) is 0 Å². The number of fused-ring (bicyclic) bond motifs is 3. The Morgan fingerprint density at radius 1 is 0.824 bits per heavy atom. The van der Waals surface area contributed by atoms with Gasteiger partial charge in [0.15, 0.2) is 11.5 Å². The molecule has 1 aromatic heterocycles. The van der Waals surface area contributed by atoms with Crippen molar-refractivity contribution in [1.82, 2.24) is 29.1 Å². The van der Waals surface area contributed by atoms with Crippen molar-refractivity contribution in [3.8, 4) is 11.5 Å². The van der Waals surface area contributed by atoms with Crippen molar-refractivity contribution in [3.63, 3.8) is 0 Å². The Bertz CT molecular complexity index is 1620. The second kappa shape index (κ2) is 8.71. The minimum atomic E-state index is -0.447. The molecule has 164 valence electrons. The zero-order valence-corrected chi connectivity index (χ0v) is 17.5. The average molecular weight is 450 g/mol. The van der Waals surface area contributed by atoms with Crippen molar-refractivity contribution in [2.24, 2.45) is 10.2 Å². The highest BCUT2D eigenvalue weighted by molar-refractivity contribution is 5.85. The highest BCUT2D eigenvalue weighted by atomic mass is 16.1. The fourth-order valence-electron chi connectivity index (χ4n) is 3.61. The number of azide groups is 2. The van der Waals surface area contributed by atoms with Gasteiger partial charge in [0.1, 0.15) is 17.5 Å². The van der Waals surface area contributed by atoms with Crippen molar-refractivity contribution >= 4 is 22.5 Å². The first-order chi connectivity index (χ1) is 16.7. The quantitative estimate of drug-likeness (QED) is 0.210. The van der Waals surface area contributed by atoms with E-state index in [1.54, 1.807) is 42.7 Å². The Morgan fingerprint density at radius 3 is 2.06 bits per heavy atom. The smallest absolute Gasteiger partial charge is 0.311 e. The normalized spacial score (nSPS) is 10.7. The molecule has 0 N–H and O–H groups in total. The molecule has 0 amide bonds. The van der Waals surface area contributed by atoms with Crippen molar-refractivity contribution < 1.29 is 0 Å². The predicted molar refractivity (Wildman–Crippen MR) is 123 cm³/mol. The van der Waals surface area contributed by atoms with Gasteiger partial charge in [-0.2, -0.15) is 4.98 Å². The molecule has 2 aliphatic heterocycles.